The molecule has 1 aromatic rings. The molecule has 0 bridgehead atoms. The van der Waals surface area contributed by atoms with Crippen molar-refractivity contribution >= 4 is 21.7 Å². The lowest BCUT2D eigenvalue weighted by atomic mass is 9.86. The molecule has 0 radical (unpaired) electrons. The van der Waals surface area contributed by atoms with Crippen molar-refractivity contribution in [1.82, 2.24) is 0 Å². The van der Waals surface area contributed by atoms with Gasteiger partial charge in [-0.15, -0.1) is 0 Å². The molecule has 1 aromatic carbocycles. The third kappa shape index (κ3) is 1.42. The van der Waals surface area contributed by atoms with Crippen molar-refractivity contribution in [3.63, 3.8) is 0 Å². The van der Waals surface area contributed by atoms with Crippen molar-refractivity contribution in [2.75, 3.05) is 0 Å². The van der Waals surface area contributed by atoms with Gasteiger partial charge in [0.05, 0.1) is 0 Å². The van der Waals surface area contributed by atoms with E-state index in [4.69, 9.17) is 0 Å². The number of hydrogen-bond acceptors (Lipinski definition) is 1. The molecule has 0 saturated carbocycles. The van der Waals surface area contributed by atoms with Crippen LogP contribution in [0.25, 0.3) is 0 Å². The number of hydrogen-bond donors (Lipinski definition) is 0. The largest absolute Gasteiger partial charge is 0.294 e. The topological polar surface area (TPSA) is 17.1 Å². The zero-order valence-electron chi connectivity index (χ0n) is 8.48. The molecular weight excluding hydrogens is 240 g/mol. The second-order valence-corrected chi connectivity index (χ2v) is 4.75. The van der Waals surface area contributed by atoms with Gasteiger partial charge in [-0.3, -0.25) is 4.79 Å². The fourth-order valence-electron chi connectivity index (χ4n) is 2.17. The molecule has 0 N–H and O–H groups in total. The maximum absolute atomic E-state index is 11.8. The Morgan fingerprint density at radius 3 is 2.64 bits per heavy atom. The first-order valence-electron chi connectivity index (χ1n) is 4.93. The highest BCUT2D eigenvalue weighted by Gasteiger charge is 2.22. The summed E-state index contributed by atoms with van der Waals surface area (Å²) < 4.78 is 1.00. The van der Waals surface area contributed by atoms with E-state index >= 15 is 0 Å². The molecule has 2 heteroatoms. The summed E-state index contributed by atoms with van der Waals surface area (Å²) in [6.07, 6.45) is 2.75. The Kier molecular flexibility index (Phi) is 2.48. The van der Waals surface area contributed by atoms with E-state index in [0.29, 0.717) is 12.2 Å². The molecule has 74 valence electrons. The number of carbonyl (C=O) groups is 1. The lowest BCUT2D eigenvalue weighted by molar-refractivity contribution is 0.0971. The van der Waals surface area contributed by atoms with Crippen LogP contribution in [0.1, 0.15) is 39.9 Å². The van der Waals surface area contributed by atoms with Crippen LogP contribution in [0.3, 0.4) is 0 Å². The van der Waals surface area contributed by atoms with Crippen LogP contribution in [0, 0.1) is 13.8 Å². The minimum absolute atomic E-state index is 0.296. The van der Waals surface area contributed by atoms with Crippen LogP contribution in [0.15, 0.2) is 10.5 Å². The first-order chi connectivity index (χ1) is 6.61. The van der Waals surface area contributed by atoms with E-state index in [1.807, 2.05) is 6.92 Å². The third-order valence-corrected chi connectivity index (χ3v) is 3.91. The second-order valence-electron chi connectivity index (χ2n) is 3.95. The summed E-state index contributed by atoms with van der Waals surface area (Å²) in [5.74, 6) is 0.296. The maximum Gasteiger partial charge on any atom is 0.164 e. The van der Waals surface area contributed by atoms with Crippen molar-refractivity contribution in [1.29, 1.82) is 0 Å². The van der Waals surface area contributed by atoms with E-state index in [1.54, 1.807) is 0 Å². The Hall–Kier alpha value is -0.630. The van der Waals surface area contributed by atoms with Gasteiger partial charge in [0.1, 0.15) is 0 Å². The Morgan fingerprint density at radius 2 is 1.93 bits per heavy atom. The molecule has 0 atom stereocenters. The van der Waals surface area contributed by atoms with Gasteiger partial charge < -0.3 is 0 Å². The van der Waals surface area contributed by atoms with Crippen LogP contribution < -0.4 is 0 Å². The van der Waals surface area contributed by atoms with Crippen LogP contribution in [0.4, 0.5) is 0 Å². The average molecular weight is 253 g/mol. The van der Waals surface area contributed by atoms with E-state index in [1.165, 1.54) is 11.1 Å². The first-order valence-corrected chi connectivity index (χ1v) is 5.72. The molecule has 0 fully saturated rings. The van der Waals surface area contributed by atoms with Crippen LogP contribution in [0.5, 0.6) is 0 Å². The fraction of sp³-hybridized carbons (Fsp3) is 0.417. The molecule has 0 spiro atoms. The number of ketones is 1. The number of carbonyl (C=O) groups excluding carboxylic acids is 1. The molecule has 1 aliphatic carbocycles. The Labute approximate surface area is 92.6 Å². The zero-order valence-corrected chi connectivity index (χ0v) is 10.1. The van der Waals surface area contributed by atoms with E-state index in [2.05, 4.69) is 28.9 Å². The van der Waals surface area contributed by atoms with Crippen molar-refractivity contribution in [2.24, 2.45) is 0 Å². The van der Waals surface area contributed by atoms with Gasteiger partial charge in [0.25, 0.3) is 0 Å². The molecule has 0 heterocycles. The van der Waals surface area contributed by atoms with Crippen molar-refractivity contribution < 1.29 is 4.79 Å². The van der Waals surface area contributed by atoms with Gasteiger partial charge in [-0.1, -0.05) is 6.07 Å². The molecule has 1 nitrogen and oxygen atoms in total. The summed E-state index contributed by atoms with van der Waals surface area (Å²) in [6.45, 7) is 4.14. The normalized spacial score (nSPS) is 15.5. The SMILES string of the molecule is Cc1cc(C)c2c(c1Br)C(=O)CCC2. The number of Topliss-reactive ketones (excluding diaryl/α,β-unsaturated/α-hetero) is 1. The fourth-order valence-corrected chi connectivity index (χ4v) is 2.74. The van der Waals surface area contributed by atoms with Crippen molar-refractivity contribution in [3.05, 3.63) is 32.8 Å². The van der Waals surface area contributed by atoms with Crippen LogP contribution in [-0.4, -0.2) is 5.78 Å². The third-order valence-electron chi connectivity index (χ3n) is 2.89. The first kappa shape index (κ1) is 9.91. The highest BCUT2D eigenvalue weighted by Crippen LogP contribution is 2.32. The lowest BCUT2D eigenvalue weighted by Crippen LogP contribution is -2.13. The highest BCUT2D eigenvalue weighted by molar-refractivity contribution is 9.10. The quantitative estimate of drug-likeness (QED) is 0.690. The predicted octanol–water partition coefficient (Wildman–Crippen LogP) is 3.58. The van der Waals surface area contributed by atoms with Crippen LogP contribution in [0.2, 0.25) is 0 Å². The Balaban J connectivity index is 2.73. The molecule has 0 aromatic heterocycles. The number of aryl methyl sites for hydroxylation is 2. The molecule has 0 unspecified atom stereocenters. The number of rotatable bonds is 0. The molecule has 0 amide bonds. The predicted molar refractivity (Wildman–Crippen MR) is 60.9 cm³/mol. The minimum Gasteiger partial charge on any atom is -0.294 e. The molecule has 14 heavy (non-hydrogen) atoms. The molecule has 0 aliphatic heterocycles. The molecular formula is C12H13BrO. The average Bonchev–Trinajstić information content (AvgIpc) is 2.14. The molecule has 0 saturated heterocycles. The monoisotopic (exact) mass is 252 g/mol. The number of halogens is 1. The summed E-state index contributed by atoms with van der Waals surface area (Å²) in [5.41, 5.74) is 4.61. The molecule has 2 rings (SSSR count). The summed E-state index contributed by atoms with van der Waals surface area (Å²) in [7, 11) is 0. The van der Waals surface area contributed by atoms with Gasteiger partial charge in [0, 0.05) is 16.5 Å². The summed E-state index contributed by atoms with van der Waals surface area (Å²) >= 11 is 3.52. The summed E-state index contributed by atoms with van der Waals surface area (Å²) in [4.78, 5) is 11.8. The van der Waals surface area contributed by atoms with Gasteiger partial charge in [-0.05, 0) is 59.3 Å². The summed E-state index contributed by atoms with van der Waals surface area (Å²) in [6, 6.07) is 2.15. The highest BCUT2D eigenvalue weighted by atomic mass is 79.9. The van der Waals surface area contributed by atoms with Crippen molar-refractivity contribution in [2.45, 2.75) is 33.1 Å². The minimum atomic E-state index is 0.296. The lowest BCUT2D eigenvalue weighted by Gasteiger charge is -2.19. The Bertz CT molecular complexity index is 407. The Morgan fingerprint density at radius 1 is 1.21 bits per heavy atom. The second kappa shape index (κ2) is 3.50. The smallest absolute Gasteiger partial charge is 0.164 e. The standard InChI is InChI=1S/C12H13BrO/c1-7-6-8(2)12(13)11-9(7)4-3-5-10(11)14/h6H,3-5H2,1-2H3. The van der Waals surface area contributed by atoms with Gasteiger partial charge in [-0.2, -0.15) is 0 Å². The van der Waals surface area contributed by atoms with Gasteiger partial charge in [-0.25, -0.2) is 0 Å². The zero-order chi connectivity index (χ0) is 10.3. The van der Waals surface area contributed by atoms with E-state index in [0.717, 1.165) is 28.4 Å². The summed E-state index contributed by atoms with van der Waals surface area (Å²) in [5, 5.41) is 0. The van der Waals surface area contributed by atoms with E-state index in [-0.39, 0.29) is 0 Å². The van der Waals surface area contributed by atoms with Gasteiger partial charge >= 0.3 is 0 Å². The number of benzene rings is 1. The van der Waals surface area contributed by atoms with E-state index in [9.17, 15) is 4.79 Å². The van der Waals surface area contributed by atoms with Crippen LogP contribution in [-0.2, 0) is 6.42 Å². The van der Waals surface area contributed by atoms with Crippen LogP contribution >= 0.6 is 15.9 Å². The van der Waals surface area contributed by atoms with Gasteiger partial charge in [0.15, 0.2) is 5.78 Å². The molecule has 1 aliphatic rings. The van der Waals surface area contributed by atoms with Crippen molar-refractivity contribution in [3.8, 4) is 0 Å². The maximum atomic E-state index is 11.8. The van der Waals surface area contributed by atoms with Gasteiger partial charge in [0.2, 0.25) is 0 Å². The van der Waals surface area contributed by atoms with E-state index < -0.39 is 0 Å². The number of fused-ring (bicyclic) bond motifs is 1.